The van der Waals surface area contributed by atoms with Crippen LogP contribution in [0.1, 0.15) is 12.0 Å². The van der Waals surface area contributed by atoms with Gasteiger partial charge in [0.15, 0.2) is 0 Å². The summed E-state index contributed by atoms with van der Waals surface area (Å²) in [5.74, 6) is 0.268. The maximum atomic E-state index is 12.7. The van der Waals surface area contributed by atoms with Gasteiger partial charge in [-0.2, -0.15) is 13.2 Å². The van der Waals surface area contributed by atoms with E-state index < -0.39 is 17.6 Å². The first-order valence-electron chi connectivity index (χ1n) is 7.34. The van der Waals surface area contributed by atoms with Crippen LogP contribution >= 0.6 is 11.6 Å². The highest BCUT2D eigenvalue weighted by atomic mass is 35.5. The summed E-state index contributed by atoms with van der Waals surface area (Å²) in [6.07, 6.45) is -4.43. The number of ether oxygens (including phenoxy) is 1. The predicted octanol–water partition coefficient (Wildman–Crippen LogP) is 4.81. The van der Waals surface area contributed by atoms with Crippen molar-refractivity contribution >= 4 is 28.9 Å². The van der Waals surface area contributed by atoms with Crippen LogP contribution in [-0.4, -0.2) is 19.6 Å². The minimum atomic E-state index is -4.50. The molecule has 0 atom stereocenters. The summed E-state index contributed by atoms with van der Waals surface area (Å²) in [6.45, 7) is 0.314. The van der Waals surface area contributed by atoms with E-state index in [1.54, 1.807) is 31.4 Å². The van der Waals surface area contributed by atoms with E-state index >= 15 is 0 Å². The van der Waals surface area contributed by atoms with Crippen molar-refractivity contribution in [3.8, 4) is 5.75 Å². The fourth-order valence-corrected chi connectivity index (χ4v) is 2.20. The molecule has 2 aromatic rings. The fraction of sp³-hybridized carbons (Fsp3) is 0.235. The molecule has 0 saturated heterocycles. The van der Waals surface area contributed by atoms with Crippen molar-refractivity contribution in [3.05, 3.63) is 53.1 Å². The Morgan fingerprint density at radius 3 is 2.44 bits per heavy atom. The van der Waals surface area contributed by atoms with E-state index in [1.165, 1.54) is 0 Å². The highest BCUT2D eigenvalue weighted by Crippen LogP contribution is 2.33. The van der Waals surface area contributed by atoms with E-state index in [4.69, 9.17) is 16.3 Å². The lowest BCUT2D eigenvalue weighted by molar-refractivity contribution is -0.137. The van der Waals surface area contributed by atoms with Gasteiger partial charge in [-0.1, -0.05) is 11.6 Å². The molecule has 0 aromatic heterocycles. The van der Waals surface area contributed by atoms with Gasteiger partial charge in [0, 0.05) is 18.7 Å². The number of rotatable bonds is 6. The van der Waals surface area contributed by atoms with Crippen LogP contribution in [0, 0.1) is 0 Å². The maximum absolute atomic E-state index is 12.7. The Balaban J connectivity index is 1.89. The van der Waals surface area contributed by atoms with E-state index in [9.17, 15) is 18.0 Å². The average Bonchev–Trinajstić information content (AvgIpc) is 2.56. The summed E-state index contributed by atoms with van der Waals surface area (Å²) >= 11 is 5.84. The minimum absolute atomic E-state index is 0.0458. The molecule has 25 heavy (non-hydrogen) atoms. The molecule has 0 spiro atoms. The second-order valence-electron chi connectivity index (χ2n) is 5.15. The number of hydrogen-bond acceptors (Lipinski definition) is 3. The Bertz CT molecular complexity index is 734. The van der Waals surface area contributed by atoms with Crippen molar-refractivity contribution in [3.63, 3.8) is 0 Å². The van der Waals surface area contributed by atoms with Gasteiger partial charge >= 0.3 is 6.18 Å². The van der Waals surface area contributed by atoms with Gasteiger partial charge in [-0.15, -0.1) is 0 Å². The van der Waals surface area contributed by atoms with E-state index in [0.717, 1.165) is 23.9 Å². The topological polar surface area (TPSA) is 50.4 Å². The fourth-order valence-electron chi connectivity index (χ4n) is 2.04. The van der Waals surface area contributed by atoms with Crippen molar-refractivity contribution in [2.75, 3.05) is 24.3 Å². The van der Waals surface area contributed by atoms with Gasteiger partial charge in [0.05, 0.1) is 23.4 Å². The number of benzene rings is 2. The molecule has 0 aliphatic carbocycles. The van der Waals surface area contributed by atoms with Crippen molar-refractivity contribution < 1.29 is 22.7 Å². The molecule has 0 aliphatic rings. The Labute approximate surface area is 147 Å². The molecule has 2 rings (SSSR count). The number of hydrogen-bond donors (Lipinski definition) is 2. The number of alkyl halides is 3. The first-order chi connectivity index (χ1) is 11.8. The normalized spacial score (nSPS) is 11.1. The number of amides is 1. The second kappa shape index (κ2) is 8.11. The zero-order valence-corrected chi connectivity index (χ0v) is 14.0. The van der Waals surface area contributed by atoms with E-state index in [-0.39, 0.29) is 17.1 Å². The van der Waals surface area contributed by atoms with E-state index in [1.807, 2.05) is 0 Å². The van der Waals surface area contributed by atoms with Crippen LogP contribution in [-0.2, 0) is 11.0 Å². The zero-order valence-electron chi connectivity index (χ0n) is 13.3. The molecule has 0 radical (unpaired) electrons. The smallest absolute Gasteiger partial charge is 0.416 e. The first kappa shape index (κ1) is 18.9. The first-order valence-corrected chi connectivity index (χ1v) is 7.72. The van der Waals surface area contributed by atoms with Crippen molar-refractivity contribution in [1.82, 2.24) is 0 Å². The zero-order chi connectivity index (χ0) is 18.4. The quantitative estimate of drug-likeness (QED) is 0.765. The van der Waals surface area contributed by atoms with Crippen LogP contribution in [0.4, 0.5) is 24.5 Å². The summed E-state index contributed by atoms with van der Waals surface area (Å²) in [4.78, 5) is 11.9. The molecule has 0 fully saturated rings. The molecule has 8 heteroatoms. The lowest BCUT2D eigenvalue weighted by Gasteiger charge is -2.12. The second-order valence-corrected chi connectivity index (χ2v) is 5.55. The summed E-state index contributed by atoms with van der Waals surface area (Å²) in [7, 11) is 1.56. The Morgan fingerprint density at radius 2 is 1.84 bits per heavy atom. The minimum Gasteiger partial charge on any atom is -0.497 e. The van der Waals surface area contributed by atoms with E-state index in [2.05, 4.69) is 10.6 Å². The number of nitrogens with one attached hydrogen (secondary N) is 2. The standard InChI is InChI=1S/C17H16ClF3N2O2/c1-25-13-5-3-12(4-6-13)22-9-8-16(24)23-15-10-11(17(19,20)21)2-7-14(15)18/h2-7,10,22H,8-9H2,1H3,(H,23,24). The van der Waals surface area contributed by atoms with Gasteiger partial charge in [0.25, 0.3) is 0 Å². The molecule has 0 aliphatic heterocycles. The van der Waals surface area contributed by atoms with Crippen LogP contribution in [0.3, 0.4) is 0 Å². The predicted molar refractivity (Wildman–Crippen MR) is 91.2 cm³/mol. The molecule has 2 N–H and O–H groups in total. The van der Waals surface area contributed by atoms with Gasteiger partial charge in [-0.25, -0.2) is 0 Å². The molecule has 4 nitrogen and oxygen atoms in total. The molecule has 1 amide bonds. The van der Waals surface area contributed by atoms with Crippen LogP contribution in [0.25, 0.3) is 0 Å². The lowest BCUT2D eigenvalue weighted by atomic mass is 10.2. The number of anilines is 2. The molecule has 0 heterocycles. The van der Waals surface area contributed by atoms with Crippen molar-refractivity contribution in [2.24, 2.45) is 0 Å². The van der Waals surface area contributed by atoms with Gasteiger partial charge in [0.2, 0.25) is 5.91 Å². The molecular weight excluding hydrogens is 357 g/mol. The maximum Gasteiger partial charge on any atom is 0.416 e. The van der Waals surface area contributed by atoms with Gasteiger partial charge in [0.1, 0.15) is 5.75 Å². The third-order valence-electron chi connectivity index (χ3n) is 3.34. The average molecular weight is 373 g/mol. The largest absolute Gasteiger partial charge is 0.497 e. The van der Waals surface area contributed by atoms with Crippen LogP contribution < -0.4 is 15.4 Å². The molecule has 0 unspecified atom stereocenters. The number of carbonyl (C=O) groups excluding carboxylic acids is 1. The summed E-state index contributed by atoms with van der Waals surface area (Å²) < 4.78 is 43.2. The highest BCUT2D eigenvalue weighted by Gasteiger charge is 2.31. The lowest BCUT2D eigenvalue weighted by Crippen LogP contribution is -2.17. The Hall–Kier alpha value is -2.41. The molecule has 2 aromatic carbocycles. The number of methoxy groups -OCH3 is 1. The van der Waals surface area contributed by atoms with Gasteiger partial charge in [-0.05, 0) is 42.5 Å². The van der Waals surface area contributed by atoms with Crippen molar-refractivity contribution in [2.45, 2.75) is 12.6 Å². The third kappa shape index (κ3) is 5.56. The monoisotopic (exact) mass is 372 g/mol. The Morgan fingerprint density at radius 1 is 1.16 bits per heavy atom. The molecule has 0 bridgehead atoms. The van der Waals surface area contributed by atoms with Gasteiger partial charge < -0.3 is 15.4 Å². The summed E-state index contributed by atoms with van der Waals surface area (Å²) in [5, 5.41) is 5.48. The summed E-state index contributed by atoms with van der Waals surface area (Å²) in [5.41, 5.74) is -0.139. The summed E-state index contributed by atoms with van der Waals surface area (Å²) in [6, 6.07) is 9.91. The van der Waals surface area contributed by atoms with E-state index in [0.29, 0.717) is 12.3 Å². The van der Waals surface area contributed by atoms with Crippen LogP contribution in [0.15, 0.2) is 42.5 Å². The highest BCUT2D eigenvalue weighted by molar-refractivity contribution is 6.33. The van der Waals surface area contributed by atoms with Crippen LogP contribution in [0.5, 0.6) is 5.75 Å². The molecule has 134 valence electrons. The number of carbonyl (C=O) groups is 1. The molecule has 0 saturated carbocycles. The molecular formula is C17H16ClF3N2O2. The van der Waals surface area contributed by atoms with Crippen LogP contribution in [0.2, 0.25) is 5.02 Å². The van der Waals surface area contributed by atoms with Gasteiger partial charge in [-0.3, -0.25) is 4.79 Å². The Kier molecular flexibility index (Phi) is 6.14. The SMILES string of the molecule is COc1ccc(NCCC(=O)Nc2cc(C(F)(F)F)ccc2Cl)cc1. The third-order valence-corrected chi connectivity index (χ3v) is 3.67. The van der Waals surface area contributed by atoms with Crippen molar-refractivity contribution in [1.29, 1.82) is 0 Å². The number of halogens is 4.